The lowest BCUT2D eigenvalue weighted by molar-refractivity contribution is -0.117. The van der Waals surface area contributed by atoms with E-state index in [4.69, 9.17) is 4.74 Å². The van der Waals surface area contributed by atoms with Crippen LogP contribution >= 0.6 is 0 Å². The first-order chi connectivity index (χ1) is 14.1. The van der Waals surface area contributed by atoms with Crippen molar-refractivity contribution in [1.82, 2.24) is 0 Å². The first kappa shape index (κ1) is 18.9. The maximum atomic E-state index is 13.1. The Morgan fingerprint density at radius 1 is 0.897 bits per heavy atom. The fourth-order valence-corrected chi connectivity index (χ4v) is 3.99. The van der Waals surface area contributed by atoms with Crippen molar-refractivity contribution in [2.45, 2.75) is 18.8 Å². The zero-order valence-electron chi connectivity index (χ0n) is 16.3. The van der Waals surface area contributed by atoms with Gasteiger partial charge in [0.25, 0.3) is 0 Å². The van der Waals surface area contributed by atoms with Crippen LogP contribution in [0.2, 0.25) is 0 Å². The van der Waals surface area contributed by atoms with Gasteiger partial charge in [0.1, 0.15) is 0 Å². The van der Waals surface area contributed by atoms with Crippen molar-refractivity contribution in [3.05, 3.63) is 102 Å². The summed E-state index contributed by atoms with van der Waals surface area (Å²) in [7, 11) is 0. The summed E-state index contributed by atoms with van der Waals surface area (Å²) in [4.78, 5) is 24.8. The molecule has 1 amide bonds. The molecule has 0 aliphatic heterocycles. The Kier molecular flexibility index (Phi) is 5.17. The Morgan fingerprint density at radius 2 is 1.45 bits per heavy atom. The quantitative estimate of drug-likeness (QED) is 0.620. The summed E-state index contributed by atoms with van der Waals surface area (Å²) < 4.78 is 5.00. The molecule has 1 saturated carbocycles. The Bertz CT molecular complexity index is 958. The van der Waals surface area contributed by atoms with Gasteiger partial charge in [0, 0.05) is 11.1 Å². The van der Waals surface area contributed by atoms with Crippen LogP contribution in [-0.2, 0) is 14.9 Å². The van der Waals surface area contributed by atoms with Gasteiger partial charge in [-0.1, -0.05) is 60.7 Å². The molecule has 4 rings (SSSR count). The first-order valence-corrected chi connectivity index (χ1v) is 9.84. The summed E-state index contributed by atoms with van der Waals surface area (Å²) in [5, 5.41) is 3.01. The number of carbonyl (C=O) groups excluding carboxylic acids is 2. The summed E-state index contributed by atoms with van der Waals surface area (Å²) in [5.41, 5.74) is 3.16. The van der Waals surface area contributed by atoms with E-state index in [1.54, 1.807) is 31.2 Å². The van der Waals surface area contributed by atoms with Crippen LogP contribution in [0, 0.1) is 5.92 Å². The van der Waals surface area contributed by atoms with Crippen molar-refractivity contribution in [3.63, 3.8) is 0 Å². The van der Waals surface area contributed by atoms with Gasteiger partial charge in [-0.3, -0.25) is 4.79 Å². The molecule has 0 radical (unpaired) electrons. The van der Waals surface area contributed by atoms with E-state index in [-0.39, 0.29) is 23.2 Å². The van der Waals surface area contributed by atoms with E-state index in [0.717, 1.165) is 17.5 Å². The van der Waals surface area contributed by atoms with Gasteiger partial charge in [-0.05, 0) is 48.7 Å². The zero-order chi connectivity index (χ0) is 20.3. The summed E-state index contributed by atoms with van der Waals surface area (Å²) in [6.45, 7) is 2.11. The van der Waals surface area contributed by atoms with Gasteiger partial charge >= 0.3 is 5.97 Å². The van der Waals surface area contributed by atoms with Crippen LogP contribution in [0.5, 0.6) is 0 Å². The highest BCUT2D eigenvalue weighted by molar-refractivity contribution is 5.97. The minimum absolute atomic E-state index is 0.0124. The second-order valence-electron chi connectivity index (χ2n) is 7.25. The van der Waals surface area contributed by atoms with Crippen LogP contribution < -0.4 is 5.32 Å². The summed E-state index contributed by atoms with van der Waals surface area (Å²) in [5.74, 6) is -0.515. The Morgan fingerprint density at radius 3 is 1.97 bits per heavy atom. The fraction of sp³-hybridized carbons (Fsp3) is 0.200. The maximum Gasteiger partial charge on any atom is 0.338 e. The Balaban J connectivity index is 1.54. The van der Waals surface area contributed by atoms with E-state index in [2.05, 4.69) is 29.6 Å². The minimum atomic E-state index is -0.361. The first-order valence-electron chi connectivity index (χ1n) is 9.84. The molecular formula is C25H23NO3. The molecule has 0 heterocycles. The Hall–Kier alpha value is -3.40. The molecule has 1 N–H and O–H groups in total. The molecule has 1 fully saturated rings. The number of esters is 1. The lowest BCUT2D eigenvalue weighted by Crippen LogP contribution is -2.22. The van der Waals surface area contributed by atoms with Crippen LogP contribution in [0.4, 0.5) is 5.69 Å². The summed E-state index contributed by atoms with van der Waals surface area (Å²) >= 11 is 0. The molecule has 3 aromatic carbocycles. The van der Waals surface area contributed by atoms with Crippen LogP contribution in [0.3, 0.4) is 0 Å². The maximum absolute atomic E-state index is 13.1. The third kappa shape index (κ3) is 3.66. The molecule has 146 valence electrons. The van der Waals surface area contributed by atoms with Crippen LogP contribution in [-0.4, -0.2) is 18.5 Å². The lowest BCUT2D eigenvalue weighted by Gasteiger charge is -2.19. The van der Waals surface area contributed by atoms with E-state index in [0.29, 0.717) is 17.9 Å². The van der Waals surface area contributed by atoms with Gasteiger partial charge < -0.3 is 10.1 Å². The van der Waals surface area contributed by atoms with Crippen LogP contribution in [0.15, 0.2) is 84.9 Å². The van der Waals surface area contributed by atoms with Crippen LogP contribution in [0.1, 0.15) is 34.8 Å². The zero-order valence-corrected chi connectivity index (χ0v) is 16.3. The molecule has 1 unspecified atom stereocenters. The molecule has 0 aromatic heterocycles. The number of rotatable bonds is 6. The van der Waals surface area contributed by atoms with Gasteiger partial charge in [-0.15, -0.1) is 0 Å². The molecule has 1 aliphatic rings. The second-order valence-corrected chi connectivity index (χ2v) is 7.25. The average molecular weight is 385 g/mol. The molecule has 3 aromatic rings. The number of benzene rings is 3. The highest BCUT2D eigenvalue weighted by Crippen LogP contribution is 2.59. The molecule has 4 nitrogen and oxygen atoms in total. The molecule has 0 spiro atoms. The Labute approximate surface area is 170 Å². The molecule has 1 atom stereocenters. The summed E-state index contributed by atoms with van der Waals surface area (Å²) in [6.07, 6.45) is 0.772. The molecular weight excluding hydrogens is 362 g/mol. The van der Waals surface area contributed by atoms with E-state index < -0.39 is 0 Å². The standard InChI is InChI=1S/C25H23NO3/c1-2-29-24(28)18-13-15-21(16-14-18)26-23(27)22-17-25(22,19-9-5-3-6-10-19)20-11-7-4-8-12-20/h3-16,22H,2,17H2,1H3,(H,26,27). The number of amides is 1. The van der Waals surface area contributed by atoms with Crippen molar-refractivity contribution in [2.24, 2.45) is 5.92 Å². The number of ether oxygens (including phenoxy) is 1. The lowest BCUT2D eigenvalue weighted by atomic mass is 9.85. The highest BCUT2D eigenvalue weighted by atomic mass is 16.5. The highest BCUT2D eigenvalue weighted by Gasteiger charge is 2.60. The van der Waals surface area contributed by atoms with Crippen molar-refractivity contribution in [3.8, 4) is 0 Å². The third-order valence-corrected chi connectivity index (χ3v) is 5.52. The topological polar surface area (TPSA) is 55.4 Å². The molecule has 0 saturated heterocycles. The van der Waals surface area contributed by atoms with Crippen molar-refractivity contribution in [1.29, 1.82) is 0 Å². The summed E-state index contributed by atoms with van der Waals surface area (Å²) in [6, 6.07) is 27.2. The van der Waals surface area contributed by atoms with Crippen molar-refractivity contribution in [2.75, 3.05) is 11.9 Å². The molecule has 29 heavy (non-hydrogen) atoms. The predicted octanol–water partition coefficient (Wildman–Crippen LogP) is 4.81. The fourth-order valence-electron chi connectivity index (χ4n) is 3.99. The number of nitrogens with one attached hydrogen (secondary N) is 1. The van der Waals surface area contributed by atoms with E-state index in [1.165, 1.54) is 0 Å². The number of hydrogen-bond acceptors (Lipinski definition) is 3. The van der Waals surface area contributed by atoms with Gasteiger partial charge in [-0.25, -0.2) is 4.79 Å². The van der Waals surface area contributed by atoms with E-state index >= 15 is 0 Å². The SMILES string of the molecule is CCOC(=O)c1ccc(NC(=O)C2CC2(c2ccccc2)c2ccccc2)cc1. The predicted molar refractivity (Wildman–Crippen MR) is 113 cm³/mol. The smallest absolute Gasteiger partial charge is 0.338 e. The van der Waals surface area contributed by atoms with Crippen LogP contribution in [0.25, 0.3) is 0 Å². The molecule has 4 heteroatoms. The van der Waals surface area contributed by atoms with Gasteiger partial charge in [0.05, 0.1) is 18.1 Å². The van der Waals surface area contributed by atoms with Crippen molar-refractivity contribution < 1.29 is 14.3 Å². The van der Waals surface area contributed by atoms with E-state index in [9.17, 15) is 9.59 Å². The van der Waals surface area contributed by atoms with Gasteiger partial charge in [0.2, 0.25) is 5.91 Å². The van der Waals surface area contributed by atoms with E-state index in [1.807, 2.05) is 36.4 Å². The number of anilines is 1. The number of hydrogen-bond donors (Lipinski definition) is 1. The second kappa shape index (κ2) is 7.92. The van der Waals surface area contributed by atoms with Gasteiger partial charge in [-0.2, -0.15) is 0 Å². The normalized spacial score (nSPS) is 16.7. The average Bonchev–Trinajstić information content (AvgIpc) is 3.53. The molecule has 1 aliphatic carbocycles. The third-order valence-electron chi connectivity index (χ3n) is 5.52. The largest absolute Gasteiger partial charge is 0.462 e. The minimum Gasteiger partial charge on any atom is -0.462 e. The monoisotopic (exact) mass is 385 g/mol. The van der Waals surface area contributed by atoms with Crippen molar-refractivity contribution >= 4 is 17.6 Å². The number of carbonyl (C=O) groups is 2. The molecule has 0 bridgehead atoms. The van der Waals surface area contributed by atoms with Gasteiger partial charge in [0.15, 0.2) is 0 Å².